The van der Waals surface area contributed by atoms with Crippen molar-refractivity contribution in [2.45, 2.75) is 0 Å². The zero-order chi connectivity index (χ0) is 10.1. The van der Waals surface area contributed by atoms with Gasteiger partial charge in [-0.1, -0.05) is 30.1 Å². The molecule has 0 radical (unpaired) electrons. The number of anilines is 1. The summed E-state index contributed by atoms with van der Waals surface area (Å²) in [5.41, 5.74) is 1.96. The molecule has 0 saturated heterocycles. The normalized spacial score (nSPS) is 10.4. The molecule has 0 aliphatic rings. The Bertz CT molecular complexity index is 476. The highest BCUT2D eigenvalue weighted by Crippen LogP contribution is 2.28. The summed E-state index contributed by atoms with van der Waals surface area (Å²) in [7, 11) is 1.56. The number of benzene rings is 1. The van der Waals surface area contributed by atoms with Gasteiger partial charge in [0.2, 0.25) is 5.13 Å². The van der Waals surface area contributed by atoms with Crippen molar-refractivity contribution in [2.75, 3.05) is 12.1 Å². The number of thiazole rings is 1. The molecule has 0 unspecified atom stereocenters. The molecule has 0 amide bonds. The van der Waals surface area contributed by atoms with Gasteiger partial charge in [-0.05, 0) is 17.7 Å². The third kappa shape index (κ3) is 1.49. The van der Waals surface area contributed by atoms with Gasteiger partial charge in [-0.2, -0.15) is 0 Å². The third-order valence-electron chi connectivity index (χ3n) is 1.91. The molecule has 0 atom stereocenters. The van der Waals surface area contributed by atoms with Gasteiger partial charge in [-0.15, -0.1) is 0 Å². The van der Waals surface area contributed by atoms with Crippen LogP contribution < -0.4 is 5.06 Å². The molecule has 4 heteroatoms. The molecule has 0 saturated carbocycles. The van der Waals surface area contributed by atoms with E-state index in [9.17, 15) is 5.21 Å². The predicted octanol–water partition coefficient (Wildman–Crippen LogP) is 2.76. The number of hydrogen-bond donors (Lipinski definition) is 1. The van der Waals surface area contributed by atoms with Crippen molar-refractivity contribution in [1.29, 1.82) is 0 Å². The van der Waals surface area contributed by atoms with Crippen LogP contribution in [0.4, 0.5) is 5.13 Å². The van der Waals surface area contributed by atoms with E-state index < -0.39 is 0 Å². The highest BCUT2D eigenvalue weighted by molar-refractivity contribution is 7.22. The number of rotatable bonds is 2. The lowest BCUT2D eigenvalue weighted by atomic mass is 10.2. The van der Waals surface area contributed by atoms with Crippen LogP contribution in [0.5, 0.6) is 0 Å². The molecule has 1 heterocycles. The molecule has 0 spiro atoms. The Labute approximate surface area is 85.9 Å². The predicted molar refractivity (Wildman–Crippen MR) is 59.9 cm³/mol. The fourth-order valence-electron chi connectivity index (χ4n) is 1.19. The Morgan fingerprint density at radius 2 is 2.36 bits per heavy atom. The molecule has 0 aliphatic heterocycles. The Hall–Kier alpha value is -1.39. The van der Waals surface area contributed by atoms with Crippen LogP contribution in [0.1, 0.15) is 5.56 Å². The first kappa shape index (κ1) is 9.18. The molecule has 3 nitrogen and oxygen atoms in total. The Kier molecular flexibility index (Phi) is 2.23. The first-order valence-electron chi connectivity index (χ1n) is 4.16. The molecule has 0 aliphatic carbocycles. The van der Waals surface area contributed by atoms with Crippen LogP contribution in [0, 0.1) is 0 Å². The highest BCUT2D eigenvalue weighted by Gasteiger charge is 2.05. The molecule has 1 N–H and O–H groups in total. The molecule has 1 aromatic heterocycles. The van der Waals surface area contributed by atoms with Gasteiger partial charge in [0.05, 0.1) is 10.2 Å². The largest absolute Gasteiger partial charge is 0.287 e. The summed E-state index contributed by atoms with van der Waals surface area (Å²) in [6.07, 6.45) is 1.79. The summed E-state index contributed by atoms with van der Waals surface area (Å²) >= 11 is 1.45. The van der Waals surface area contributed by atoms with Gasteiger partial charge in [-0.3, -0.25) is 5.21 Å². The van der Waals surface area contributed by atoms with E-state index in [2.05, 4.69) is 11.6 Å². The van der Waals surface area contributed by atoms with E-state index in [4.69, 9.17) is 0 Å². The summed E-state index contributed by atoms with van der Waals surface area (Å²) in [6.45, 7) is 3.70. The lowest BCUT2D eigenvalue weighted by Crippen LogP contribution is -2.08. The van der Waals surface area contributed by atoms with Gasteiger partial charge < -0.3 is 0 Å². The molecule has 1 aromatic carbocycles. The van der Waals surface area contributed by atoms with Crippen molar-refractivity contribution < 1.29 is 5.21 Å². The topological polar surface area (TPSA) is 36.4 Å². The first-order chi connectivity index (χ1) is 6.70. The second kappa shape index (κ2) is 3.40. The summed E-state index contributed by atoms with van der Waals surface area (Å²) in [5, 5.41) is 10.8. The number of hydroxylamine groups is 1. The van der Waals surface area contributed by atoms with E-state index in [0.29, 0.717) is 5.13 Å². The van der Waals surface area contributed by atoms with Crippen LogP contribution >= 0.6 is 11.3 Å². The van der Waals surface area contributed by atoms with Crippen LogP contribution in [-0.2, 0) is 0 Å². The fraction of sp³-hybridized carbons (Fsp3) is 0.100. The van der Waals surface area contributed by atoms with E-state index in [-0.39, 0.29) is 0 Å². The number of fused-ring (bicyclic) bond motifs is 1. The first-order valence-corrected chi connectivity index (χ1v) is 4.98. The van der Waals surface area contributed by atoms with E-state index in [1.807, 2.05) is 18.2 Å². The van der Waals surface area contributed by atoms with Crippen molar-refractivity contribution in [3.05, 3.63) is 30.3 Å². The molecular formula is C10H10N2OS. The average Bonchev–Trinajstić information content (AvgIpc) is 2.59. The summed E-state index contributed by atoms with van der Waals surface area (Å²) < 4.78 is 1.05. The van der Waals surface area contributed by atoms with Crippen LogP contribution in [0.3, 0.4) is 0 Å². The molecular weight excluding hydrogens is 196 g/mol. The van der Waals surface area contributed by atoms with E-state index in [0.717, 1.165) is 20.8 Å². The Morgan fingerprint density at radius 1 is 1.57 bits per heavy atom. The molecule has 72 valence electrons. The van der Waals surface area contributed by atoms with Crippen molar-refractivity contribution >= 4 is 32.8 Å². The molecule has 0 fully saturated rings. The maximum absolute atomic E-state index is 9.21. The molecule has 2 aromatic rings. The Morgan fingerprint density at radius 3 is 3.00 bits per heavy atom. The summed E-state index contributed by atoms with van der Waals surface area (Å²) in [4.78, 5) is 4.25. The van der Waals surface area contributed by atoms with Crippen LogP contribution in [0.2, 0.25) is 0 Å². The van der Waals surface area contributed by atoms with Gasteiger partial charge in [0.15, 0.2) is 0 Å². The average molecular weight is 206 g/mol. The zero-order valence-electron chi connectivity index (χ0n) is 7.77. The van der Waals surface area contributed by atoms with Crippen LogP contribution in [0.25, 0.3) is 16.3 Å². The standard InChI is InChI=1S/C10H10N2OS/c1-3-7-4-5-8-9(6-7)14-10(11-8)12(2)13/h3-6,13H,1H2,2H3. The van der Waals surface area contributed by atoms with Crippen molar-refractivity contribution in [1.82, 2.24) is 4.98 Å². The van der Waals surface area contributed by atoms with Crippen LogP contribution in [-0.4, -0.2) is 17.2 Å². The van der Waals surface area contributed by atoms with Gasteiger partial charge in [0.25, 0.3) is 0 Å². The Balaban J connectivity index is 2.59. The van der Waals surface area contributed by atoms with Crippen molar-refractivity contribution in [3.63, 3.8) is 0 Å². The van der Waals surface area contributed by atoms with Crippen LogP contribution in [0.15, 0.2) is 24.8 Å². The number of aromatic nitrogens is 1. The van der Waals surface area contributed by atoms with Gasteiger partial charge in [-0.25, -0.2) is 10.0 Å². The summed E-state index contributed by atoms with van der Waals surface area (Å²) in [6, 6.07) is 5.89. The maximum Gasteiger partial charge on any atom is 0.210 e. The fourth-order valence-corrected chi connectivity index (χ4v) is 2.08. The number of nitrogens with zero attached hydrogens (tertiary/aromatic N) is 2. The minimum atomic E-state index is 0.598. The van der Waals surface area contributed by atoms with Gasteiger partial charge in [0, 0.05) is 7.05 Å². The highest BCUT2D eigenvalue weighted by atomic mass is 32.1. The SMILES string of the molecule is C=Cc1ccc2nc(N(C)O)sc2c1. The van der Waals surface area contributed by atoms with E-state index in [1.54, 1.807) is 13.1 Å². The smallest absolute Gasteiger partial charge is 0.210 e. The van der Waals surface area contributed by atoms with E-state index >= 15 is 0 Å². The minimum absolute atomic E-state index is 0.598. The molecule has 2 rings (SSSR count). The zero-order valence-corrected chi connectivity index (χ0v) is 8.58. The second-order valence-electron chi connectivity index (χ2n) is 2.95. The maximum atomic E-state index is 9.21. The third-order valence-corrected chi connectivity index (χ3v) is 3.00. The molecule has 0 bridgehead atoms. The quantitative estimate of drug-likeness (QED) is 0.767. The van der Waals surface area contributed by atoms with Crippen molar-refractivity contribution in [2.24, 2.45) is 0 Å². The number of hydrogen-bond acceptors (Lipinski definition) is 4. The van der Waals surface area contributed by atoms with Gasteiger partial charge >= 0.3 is 0 Å². The van der Waals surface area contributed by atoms with Gasteiger partial charge in [0.1, 0.15) is 0 Å². The summed E-state index contributed by atoms with van der Waals surface area (Å²) in [5.74, 6) is 0. The lowest BCUT2D eigenvalue weighted by Gasteiger charge is -2.02. The van der Waals surface area contributed by atoms with Crippen molar-refractivity contribution in [3.8, 4) is 0 Å². The molecule has 14 heavy (non-hydrogen) atoms. The lowest BCUT2D eigenvalue weighted by molar-refractivity contribution is 0.279. The monoisotopic (exact) mass is 206 g/mol. The minimum Gasteiger partial charge on any atom is -0.287 e. The second-order valence-corrected chi connectivity index (χ2v) is 3.96. The van der Waals surface area contributed by atoms with E-state index in [1.165, 1.54) is 11.3 Å².